The number of amides is 1. The molecule has 0 saturated carbocycles. The molecule has 0 saturated heterocycles. The zero-order chi connectivity index (χ0) is 23.3. The van der Waals surface area contributed by atoms with Gasteiger partial charge in [0.05, 0.1) is 28.9 Å². The molecule has 0 fully saturated rings. The molecule has 3 rings (SSSR count). The molecule has 11 heteroatoms. The van der Waals surface area contributed by atoms with Gasteiger partial charge in [0.1, 0.15) is 5.58 Å². The van der Waals surface area contributed by atoms with Gasteiger partial charge in [0.25, 0.3) is 0 Å². The summed E-state index contributed by atoms with van der Waals surface area (Å²) in [6.45, 7) is 1.73. The summed E-state index contributed by atoms with van der Waals surface area (Å²) >= 11 is 10.2. The van der Waals surface area contributed by atoms with Gasteiger partial charge in [0.2, 0.25) is 0 Å². The first-order valence-corrected chi connectivity index (χ1v) is 11.6. The molecule has 32 heavy (non-hydrogen) atoms. The Labute approximate surface area is 208 Å². The van der Waals surface area contributed by atoms with Gasteiger partial charge in [-0.1, -0.05) is 15.9 Å². The second-order valence-electron chi connectivity index (χ2n) is 6.24. The van der Waals surface area contributed by atoms with Crippen LogP contribution in [0.2, 0.25) is 0 Å². The van der Waals surface area contributed by atoms with Crippen molar-refractivity contribution in [1.29, 1.82) is 0 Å². The normalized spacial score (nSPS) is 11.0. The van der Waals surface area contributed by atoms with Crippen LogP contribution in [-0.2, 0) is 9.53 Å². The quantitative estimate of drug-likeness (QED) is 0.202. The van der Waals surface area contributed by atoms with Crippen LogP contribution in [0.4, 0.5) is 0 Å². The number of hydrazone groups is 1. The van der Waals surface area contributed by atoms with Crippen LogP contribution in [0, 0.1) is 0 Å². The zero-order valence-corrected chi connectivity index (χ0v) is 21.7. The van der Waals surface area contributed by atoms with Crippen molar-refractivity contribution in [2.45, 2.75) is 6.92 Å². The van der Waals surface area contributed by atoms with Crippen LogP contribution in [0.5, 0.6) is 11.5 Å². The summed E-state index contributed by atoms with van der Waals surface area (Å²) in [6.07, 6.45) is 1.44. The molecule has 0 aliphatic rings. The number of furan rings is 1. The first-order valence-electron chi connectivity index (χ1n) is 9.20. The van der Waals surface area contributed by atoms with Crippen LogP contribution in [-0.4, -0.2) is 38.4 Å². The molecule has 3 aromatic rings. The van der Waals surface area contributed by atoms with Gasteiger partial charge >= 0.3 is 11.9 Å². The van der Waals surface area contributed by atoms with Crippen LogP contribution in [0.1, 0.15) is 23.0 Å². The van der Waals surface area contributed by atoms with E-state index in [0.717, 1.165) is 14.3 Å². The number of halogens is 3. The Morgan fingerprint density at radius 1 is 1.12 bits per heavy atom. The number of nitrogens with zero attached hydrogens (tertiary/aromatic N) is 1. The monoisotopic (exact) mass is 630 g/mol. The highest BCUT2D eigenvalue weighted by atomic mass is 79.9. The van der Waals surface area contributed by atoms with Gasteiger partial charge < -0.3 is 18.6 Å². The smallest absolute Gasteiger partial charge is 0.344 e. The van der Waals surface area contributed by atoms with Gasteiger partial charge in [-0.3, -0.25) is 4.79 Å². The fraction of sp³-hybridized carbons (Fsp3) is 0.190. The van der Waals surface area contributed by atoms with Crippen molar-refractivity contribution in [2.24, 2.45) is 5.10 Å². The zero-order valence-electron chi connectivity index (χ0n) is 16.9. The molecule has 1 aromatic heterocycles. The molecule has 2 aromatic carbocycles. The lowest BCUT2D eigenvalue weighted by molar-refractivity contribution is -0.145. The predicted octanol–water partition coefficient (Wildman–Crippen LogP) is 5.43. The molecule has 0 aliphatic heterocycles. The summed E-state index contributed by atoms with van der Waals surface area (Å²) in [5.74, 6) is -0.136. The average molecular weight is 633 g/mol. The van der Waals surface area contributed by atoms with Crippen molar-refractivity contribution in [1.82, 2.24) is 5.43 Å². The predicted molar refractivity (Wildman–Crippen MR) is 129 cm³/mol. The Kier molecular flexibility index (Phi) is 8.32. The molecule has 1 N–H and O–H groups in total. The number of esters is 1. The molecule has 0 unspecified atom stereocenters. The maximum atomic E-state index is 12.4. The van der Waals surface area contributed by atoms with Gasteiger partial charge in [-0.05, 0) is 74.7 Å². The molecule has 0 atom stereocenters. The van der Waals surface area contributed by atoms with Crippen LogP contribution in [0.3, 0.4) is 0 Å². The summed E-state index contributed by atoms with van der Waals surface area (Å²) in [6, 6.07) is 8.66. The van der Waals surface area contributed by atoms with E-state index in [0.29, 0.717) is 27.1 Å². The van der Waals surface area contributed by atoms with Crippen molar-refractivity contribution < 1.29 is 28.2 Å². The fourth-order valence-electron chi connectivity index (χ4n) is 2.70. The summed E-state index contributed by atoms with van der Waals surface area (Å²) in [5.41, 5.74) is 3.61. The van der Waals surface area contributed by atoms with E-state index >= 15 is 0 Å². The number of ether oxygens (including phenoxy) is 3. The number of fused-ring (bicyclic) bond motifs is 1. The number of methoxy groups -OCH3 is 1. The van der Waals surface area contributed by atoms with E-state index in [9.17, 15) is 9.59 Å². The van der Waals surface area contributed by atoms with Gasteiger partial charge in [-0.15, -0.1) is 0 Å². The molecular formula is C21H17Br3N2O6. The van der Waals surface area contributed by atoms with E-state index < -0.39 is 11.9 Å². The maximum absolute atomic E-state index is 12.4. The first kappa shape index (κ1) is 24.3. The van der Waals surface area contributed by atoms with Crippen molar-refractivity contribution >= 4 is 76.9 Å². The van der Waals surface area contributed by atoms with Crippen LogP contribution < -0.4 is 14.9 Å². The number of benzene rings is 2. The number of carbonyl (C=O) groups excluding carboxylic acids is 2. The highest BCUT2D eigenvalue weighted by Gasteiger charge is 2.15. The standard InChI is InChI=1S/C21H17Br3N2O6/c1-3-30-18(27)10-31-20-14(23)4-11(5-16(20)29-2)9-25-26-21(28)17-7-12-6-13(22)8-15(24)19(12)32-17/h4-9H,3,10H2,1-2H3,(H,26,28)/b25-9-. The SMILES string of the molecule is CCOC(=O)COc1c(Br)cc(/C=N\NC(=O)c2cc3cc(Br)cc(Br)c3o2)cc1OC. The molecule has 0 bridgehead atoms. The highest BCUT2D eigenvalue weighted by Crippen LogP contribution is 2.36. The Morgan fingerprint density at radius 2 is 1.91 bits per heavy atom. The number of carbonyl (C=O) groups is 2. The summed E-state index contributed by atoms with van der Waals surface area (Å²) in [7, 11) is 1.47. The van der Waals surface area contributed by atoms with Gasteiger partial charge in [-0.25, -0.2) is 10.2 Å². The minimum atomic E-state index is -0.499. The largest absolute Gasteiger partial charge is 0.493 e. The van der Waals surface area contributed by atoms with Crippen LogP contribution in [0.15, 0.2) is 53.3 Å². The minimum absolute atomic E-state index is 0.123. The van der Waals surface area contributed by atoms with Gasteiger partial charge in [-0.2, -0.15) is 5.10 Å². The molecular weight excluding hydrogens is 616 g/mol. The van der Waals surface area contributed by atoms with E-state index in [1.165, 1.54) is 13.3 Å². The highest BCUT2D eigenvalue weighted by molar-refractivity contribution is 9.11. The molecule has 0 spiro atoms. The van der Waals surface area contributed by atoms with Crippen LogP contribution >= 0.6 is 47.8 Å². The van der Waals surface area contributed by atoms with Gasteiger partial charge in [0.15, 0.2) is 23.9 Å². The Bertz CT molecular complexity index is 1190. The first-order chi connectivity index (χ1) is 15.3. The maximum Gasteiger partial charge on any atom is 0.344 e. The van der Waals surface area contributed by atoms with Crippen molar-refractivity contribution in [3.8, 4) is 11.5 Å². The number of nitrogens with one attached hydrogen (secondary N) is 1. The molecule has 1 heterocycles. The summed E-state index contributed by atoms with van der Waals surface area (Å²) < 4.78 is 23.4. The minimum Gasteiger partial charge on any atom is -0.493 e. The molecule has 1 amide bonds. The molecule has 168 valence electrons. The van der Waals surface area contributed by atoms with Gasteiger partial charge in [0, 0.05) is 9.86 Å². The third-order valence-electron chi connectivity index (χ3n) is 4.03. The molecule has 0 aliphatic carbocycles. The number of hydrogen-bond donors (Lipinski definition) is 1. The summed E-state index contributed by atoms with van der Waals surface area (Å²) in [4.78, 5) is 23.9. The summed E-state index contributed by atoms with van der Waals surface area (Å²) in [5, 5.41) is 4.75. The fourth-order valence-corrected chi connectivity index (χ4v) is 4.61. The Morgan fingerprint density at radius 3 is 2.62 bits per heavy atom. The number of rotatable bonds is 8. The molecule has 8 nitrogen and oxygen atoms in total. The lowest BCUT2D eigenvalue weighted by atomic mass is 10.2. The Hall–Kier alpha value is -2.37. The van der Waals surface area contributed by atoms with E-state index in [1.54, 1.807) is 25.1 Å². The van der Waals surface area contributed by atoms with Crippen LogP contribution in [0.25, 0.3) is 11.0 Å². The number of hydrogen-bond acceptors (Lipinski definition) is 7. The second kappa shape index (κ2) is 11.0. The Balaban J connectivity index is 1.71. The topological polar surface area (TPSA) is 99.4 Å². The third-order valence-corrected chi connectivity index (χ3v) is 5.67. The average Bonchev–Trinajstić information content (AvgIpc) is 3.17. The second-order valence-corrected chi connectivity index (χ2v) is 8.87. The molecule has 0 radical (unpaired) electrons. The van der Waals surface area contributed by atoms with Crippen molar-refractivity contribution in [3.63, 3.8) is 0 Å². The van der Waals surface area contributed by atoms with Crippen molar-refractivity contribution in [3.05, 3.63) is 55.1 Å². The van der Waals surface area contributed by atoms with E-state index in [-0.39, 0.29) is 19.0 Å². The lowest BCUT2D eigenvalue weighted by Crippen LogP contribution is -2.16. The van der Waals surface area contributed by atoms with E-state index in [2.05, 4.69) is 58.3 Å². The lowest BCUT2D eigenvalue weighted by Gasteiger charge is -2.13. The van der Waals surface area contributed by atoms with Crippen molar-refractivity contribution in [2.75, 3.05) is 20.3 Å². The van der Waals surface area contributed by atoms with E-state index in [1.807, 2.05) is 12.1 Å². The third kappa shape index (κ3) is 5.90. The van der Waals surface area contributed by atoms with E-state index in [4.69, 9.17) is 18.6 Å².